The van der Waals surface area contributed by atoms with Gasteiger partial charge in [-0.2, -0.15) is 0 Å². The van der Waals surface area contributed by atoms with Crippen molar-refractivity contribution in [1.82, 2.24) is 4.98 Å². The number of rotatable bonds is 5. The number of thiophene rings is 1. The van der Waals surface area contributed by atoms with Gasteiger partial charge in [0.2, 0.25) is 0 Å². The number of aliphatic hydroxyl groups excluding tert-OH is 1. The molecule has 96 valence electrons. The van der Waals surface area contributed by atoms with Crippen LogP contribution in [0.5, 0.6) is 0 Å². The van der Waals surface area contributed by atoms with E-state index in [4.69, 9.17) is 16.7 Å². The van der Waals surface area contributed by atoms with E-state index in [1.807, 2.05) is 13.1 Å². The molecule has 1 N–H and O–H groups in total. The smallest absolute Gasteiger partial charge is 0.128 e. The summed E-state index contributed by atoms with van der Waals surface area (Å²) in [6.45, 7) is 0.755. The number of hydrogen-bond acceptors (Lipinski definition) is 4. The van der Waals surface area contributed by atoms with Crippen molar-refractivity contribution in [2.24, 2.45) is 0 Å². The zero-order chi connectivity index (χ0) is 13.0. The monoisotopic (exact) mass is 282 g/mol. The van der Waals surface area contributed by atoms with Crippen LogP contribution in [-0.4, -0.2) is 23.7 Å². The van der Waals surface area contributed by atoms with Gasteiger partial charge in [-0.05, 0) is 30.0 Å². The summed E-state index contributed by atoms with van der Waals surface area (Å²) < 4.78 is 0. The number of nitrogens with zero attached hydrogens (tertiary/aromatic N) is 2. The molecule has 0 fully saturated rings. The minimum atomic E-state index is -0.133. The van der Waals surface area contributed by atoms with Crippen LogP contribution in [0.25, 0.3) is 0 Å². The first-order valence-corrected chi connectivity index (χ1v) is 6.96. The van der Waals surface area contributed by atoms with Crippen LogP contribution in [0.2, 0.25) is 5.02 Å². The summed E-state index contributed by atoms with van der Waals surface area (Å²) in [5.74, 6) is 0.833. The second kappa shape index (κ2) is 6.18. The van der Waals surface area contributed by atoms with Gasteiger partial charge in [-0.15, -0.1) is 11.3 Å². The first-order chi connectivity index (χ1) is 8.70. The van der Waals surface area contributed by atoms with Crippen LogP contribution in [0.4, 0.5) is 5.82 Å². The lowest BCUT2D eigenvalue weighted by atomic mass is 10.3. The number of hydrogen-bond donors (Lipinski definition) is 1. The fraction of sp³-hybridized carbons (Fsp3) is 0.308. The van der Waals surface area contributed by atoms with E-state index < -0.39 is 0 Å². The second-order valence-electron chi connectivity index (χ2n) is 4.01. The predicted octanol–water partition coefficient (Wildman–Crippen LogP) is 2.97. The first kappa shape index (κ1) is 13.3. The van der Waals surface area contributed by atoms with Crippen LogP contribution < -0.4 is 4.90 Å². The van der Waals surface area contributed by atoms with Gasteiger partial charge in [-0.3, -0.25) is 0 Å². The molecule has 0 aliphatic heterocycles. The lowest BCUT2D eigenvalue weighted by molar-refractivity contribution is 0.277. The molecule has 2 rings (SSSR count). The summed E-state index contributed by atoms with van der Waals surface area (Å²) in [6.07, 6.45) is 0.993. The summed E-state index contributed by atoms with van der Waals surface area (Å²) in [5, 5.41) is 11.7. The van der Waals surface area contributed by atoms with Gasteiger partial charge in [0.25, 0.3) is 0 Å². The van der Waals surface area contributed by atoms with Gasteiger partial charge in [0, 0.05) is 18.5 Å². The minimum absolute atomic E-state index is 0.133. The van der Waals surface area contributed by atoms with Gasteiger partial charge in [0.15, 0.2) is 0 Å². The second-order valence-corrected chi connectivity index (χ2v) is 5.45. The quantitative estimate of drug-likeness (QED) is 0.916. The van der Waals surface area contributed by atoms with Gasteiger partial charge in [0.1, 0.15) is 5.82 Å². The van der Waals surface area contributed by atoms with E-state index in [0.29, 0.717) is 10.7 Å². The van der Waals surface area contributed by atoms with E-state index in [2.05, 4.69) is 27.4 Å². The Kier molecular flexibility index (Phi) is 4.58. The molecule has 0 atom stereocenters. The highest BCUT2D eigenvalue weighted by molar-refractivity contribution is 7.09. The molecule has 18 heavy (non-hydrogen) atoms. The van der Waals surface area contributed by atoms with Crippen LogP contribution in [0.15, 0.2) is 29.6 Å². The van der Waals surface area contributed by atoms with Crippen LogP contribution >= 0.6 is 22.9 Å². The molecule has 0 saturated heterocycles. The Labute approximate surface area is 116 Å². The third-order valence-electron chi connectivity index (χ3n) is 2.72. The van der Waals surface area contributed by atoms with Crippen LogP contribution in [0.3, 0.4) is 0 Å². The third-order valence-corrected chi connectivity index (χ3v) is 4.00. The topological polar surface area (TPSA) is 36.4 Å². The minimum Gasteiger partial charge on any atom is -0.390 e. The van der Waals surface area contributed by atoms with Crippen molar-refractivity contribution in [1.29, 1.82) is 0 Å². The molecule has 2 aromatic heterocycles. The molecule has 2 heterocycles. The van der Waals surface area contributed by atoms with Crippen molar-refractivity contribution in [3.63, 3.8) is 0 Å². The van der Waals surface area contributed by atoms with Gasteiger partial charge >= 0.3 is 0 Å². The van der Waals surface area contributed by atoms with Crippen molar-refractivity contribution in [2.45, 2.75) is 13.0 Å². The Morgan fingerprint density at radius 3 is 2.89 bits per heavy atom. The van der Waals surface area contributed by atoms with Crippen LogP contribution in [0.1, 0.15) is 10.6 Å². The van der Waals surface area contributed by atoms with Gasteiger partial charge in [-0.1, -0.05) is 17.7 Å². The fourth-order valence-electron chi connectivity index (χ4n) is 1.64. The molecule has 0 unspecified atom stereocenters. The Balaban J connectivity index is 2.02. The van der Waals surface area contributed by atoms with E-state index in [1.165, 1.54) is 4.88 Å². The molecule has 0 aliphatic carbocycles. The number of likely N-dealkylation sites (N-methyl/N-ethyl adjacent to an activating group) is 1. The van der Waals surface area contributed by atoms with Crippen molar-refractivity contribution in [3.05, 3.63) is 45.2 Å². The average molecular weight is 283 g/mol. The maximum atomic E-state index is 9.14. The number of aliphatic hydroxyl groups is 1. The van der Waals surface area contributed by atoms with Gasteiger partial charge in [0.05, 0.1) is 17.3 Å². The van der Waals surface area contributed by atoms with Crippen molar-refractivity contribution < 1.29 is 5.11 Å². The maximum absolute atomic E-state index is 9.14. The molecule has 0 spiro atoms. The molecule has 0 amide bonds. The fourth-order valence-corrected chi connectivity index (χ4v) is 2.51. The Morgan fingerprint density at radius 2 is 2.22 bits per heavy atom. The van der Waals surface area contributed by atoms with Crippen molar-refractivity contribution >= 4 is 28.8 Å². The highest BCUT2D eigenvalue weighted by atomic mass is 35.5. The summed E-state index contributed by atoms with van der Waals surface area (Å²) in [5.41, 5.74) is 0.525. The number of pyridine rings is 1. The molecule has 0 radical (unpaired) electrons. The van der Waals surface area contributed by atoms with Gasteiger partial charge < -0.3 is 10.0 Å². The molecule has 5 heteroatoms. The largest absolute Gasteiger partial charge is 0.390 e. The van der Waals surface area contributed by atoms with Crippen molar-refractivity contribution in [2.75, 3.05) is 18.5 Å². The van der Waals surface area contributed by atoms with E-state index in [1.54, 1.807) is 17.4 Å². The standard InChI is InChI=1S/C13H15ClN2OS/c1-16(7-6-10-3-2-8-18-10)13-5-4-11(14)12(9-17)15-13/h2-5,8,17H,6-7,9H2,1H3. The molecule has 3 nitrogen and oxygen atoms in total. The maximum Gasteiger partial charge on any atom is 0.128 e. The lowest BCUT2D eigenvalue weighted by Gasteiger charge is -2.18. The Morgan fingerprint density at radius 1 is 1.39 bits per heavy atom. The Hall–Kier alpha value is -1.10. The summed E-state index contributed by atoms with van der Waals surface area (Å²) in [4.78, 5) is 7.76. The molecular weight excluding hydrogens is 268 g/mol. The van der Waals surface area contributed by atoms with E-state index in [-0.39, 0.29) is 6.61 Å². The van der Waals surface area contributed by atoms with E-state index in [9.17, 15) is 0 Å². The molecule has 0 aliphatic rings. The number of anilines is 1. The molecule has 0 bridgehead atoms. The van der Waals surface area contributed by atoms with Gasteiger partial charge in [-0.25, -0.2) is 4.98 Å². The molecular formula is C13H15ClN2OS. The third kappa shape index (κ3) is 3.22. The van der Waals surface area contributed by atoms with Crippen molar-refractivity contribution in [3.8, 4) is 0 Å². The first-order valence-electron chi connectivity index (χ1n) is 5.70. The lowest BCUT2D eigenvalue weighted by Crippen LogP contribution is -2.21. The molecule has 2 aromatic rings. The molecule has 0 aromatic carbocycles. The van der Waals surface area contributed by atoms with E-state index in [0.717, 1.165) is 18.8 Å². The predicted molar refractivity (Wildman–Crippen MR) is 76.5 cm³/mol. The highest BCUT2D eigenvalue weighted by Crippen LogP contribution is 2.19. The zero-order valence-corrected chi connectivity index (χ0v) is 11.7. The highest BCUT2D eigenvalue weighted by Gasteiger charge is 2.07. The summed E-state index contributed by atoms with van der Waals surface area (Å²) in [7, 11) is 1.99. The number of aromatic nitrogens is 1. The summed E-state index contributed by atoms with van der Waals surface area (Å²) in [6, 6.07) is 7.84. The SMILES string of the molecule is CN(CCc1cccs1)c1ccc(Cl)c(CO)n1. The van der Waals surface area contributed by atoms with Crippen LogP contribution in [-0.2, 0) is 13.0 Å². The Bertz CT molecular complexity index is 502. The normalized spacial score (nSPS) is 10.6. The average Bonchev–Trinajstić information content (AvgIpc) is 2.89. The molecule has 0 saturated carbocycles. The van der Waals surface area contributed by atoms with E-state index >= 15 is 0 Å². The number of halogens is 1. The summed E-state index contributed by atoms with van der Waals surface area (Å²) >= 11 is 7.68. The van der Waals surface area contributed by atoms with Crippen LogP contribution in [0, 0.1) is 0 Å². The zero-order valence-electron chi connectivity index (χ0n) is 10.1.